The number of hydrogen-bond acceptors (Lipinski definition) is 1. The third kappa shape index (κ3) is 1.70. The molecule has 1 aliphatic rings. The van der Waals surface area contributed by atoms with Gasteiger partial charge in [0.25, 0.3) is 0 Å². The number of hydrogen-bond donors (Lipinski definition) is 0. The van der Waals surface area contributed by atoms with Crippen molar-refractivity contribution in [3.63, 3.8) is 0 Å². The van der Waals surface area contributed by atoms with Crippen molar-refractivity contribution in [2.45, 2.75) is 0 Å². The van der Waals surface area contributed by atoms with E-state index < -0.39 is 0 Å². The molecule has 0 fully saturated rings. The summed E-state index contributed by atoms with van der Waals surface area (Å²) in [6.45, 7) is 0. The van der Waals surface area contributed by atoms with Crippen LogP contribution in [0.2, 0.25) is 0 Å². The molecule has 3 rings (SSSR count). The van der Waals surface area contributed by atoms with Gasteiger partial charge < -0.3 is 0 Å². The summed E-state index contributed by atoms with van der Waals surface area (Å²) in [7, 11) is 0. The van der Waals surface area contributed by atoms with Gasteiger partial charge in [-0.05, 0) is 48.6 Å². The first-order chi connectivity index (χ1) is 8.70. The Balaban J connectivity index is 2.43. The second-order valence-corrected chi connectivity index (χ2v) is 6.71. The minimum absolute atomic E-state index is 0.0491. The van der Waals surface area contributed by atoms with E-state index in [0.29, 0.717) is 8.96 Å². The minimum atomic E-state index is 0.0491. The second kappa shape index (κ2) is 4.48. The Labute approximate surface area is 122 Å². The third-order valence-electron chi connectivity index (χ3n) is 3.07. The molecule has 0 bridgehead atoms. The van der Waals surface area contributed by atoms with E-state index >= 15 is 0 Å². The molecule has 0 heterocycles. The van der Waals surface area contributed by atoms with Crippen molar-refractivity contribution in [2.75, 3.05) is 0 Å². The van der Waals surface area contributed by atoms with Crippen molar-refractivity contribution in [1.82, 2.24) is 0 Å². The van der Waals surface area contributed by atoms with Gasteiger partial charge in [0.2, 0.25) is 0 Å². The maximum absolute atomic E-state index is 12.5. The Kier molecular flexibility index (Phi) is 2.96. The standard InChI is InChI=1S/C15H8Br2O/c16-15(17)13-11-7-3-1-5-9(11)10-6-2-4-8-12(10)14(13)18/h1-8H. The fourth-order valence-electron chi connectivity index (χ4n) is 2.30. The Bertz CT molecular complexity index is 682. The predicted molar refractivity (Wildman–Crippen MR) is 81.0 cm³/mol. The van der Waals surface area contributed by atoms with E-state index in [0.717, 1.165) is 22.3 Å². The Morgan fingerprint density at radius 1 is 0.722 bits per heavy atom. The zero-order chi connectivity index (χ0) is 12.7. The van der Waals surface area contributed by atoms with Crippen molar-refractivity contribution < 1.29 is 4.79 Å². The van der Waals surface area contributed by atoms with Crippen LogP contribution in [0.25, 0.3) is 16.7 Å². The molecule has 1 aliphatic carbocycles. The molecule has 88 valence electrons. The monoisotopic (exact) mass is 362 g/mol. The largest absolute Gasteiger partial charge is 0.289 e. The number of carbonyl (C=O) groups is 1. The van der Waals surface area contributed by atoms with Crippen LogP contribution < -0.4 is 0 Å². The maximum atomic E-state index is 12.5. The van der Waals surface area contributed by atoms with Gasteiger partial charge in [0, 0.05) is 5.56 Å². The Morgan fingerprint density at radius 3 is 1.72 bits per heavy atom. The summed E-state index contributed by atoms with van der Waals surface area (Å²) >= 11 is 6.75. The molecular formula is C15H8Br2O. The van der Waals surface area contributed by atoms with E-state index in [9.17, 15) is 4.79 Å². The van der Waals surface area contributed by atoms with Crippen LogP contribution in [-0.2, 0) is 0 Å². The highest BCUT2D eigenvalue weighted by Crippen LogP contribution is 2.42. The molecule has 3 heteroatoms. The molecule has 0 unspecified atom stereocenters. The van der Waals surface area contributed by atoms with Crippen LogP contribution in [0.1, 0.15) is 15.9 Å². The first-order valence-corrected chi connectivity index (χ1v) is 7.07. The Hall–Kier alpha value is -1.19. The van der Waals surface area contributed by atoms with Gasteiger partial charge in [-0.15, -0.1) is 0 Å². The highest BCUT2D eigenvalue weighted by Gasteiger charge is 2.27. The number of allylic oxidation sites excluding steroid dienone is 1. The molecule has 1 nitrogen and oxygen atoms in total. The molecule has 0 spiro atoms. The molecule has 0 amide bonds. The summed E-state index contributed by atoms with van der Waals surface area (Å²) in [4.78, 5) is 12.5. The quantitative estimate of drug-likeness (QED) is 0.601. The number of carbonyl (C=O) groups excluding carboxylic acids is 1. The van der Waals surface area contributed by atoms with Gasteiger partial charge in [-0.3, -0.25) is 4.79 Å². The van der Waals surface area contributed by atoms with Crippen molar-refractivity contribution in [2.24, 2.45) is 0 Å². The van der Waals surface area contributed by atoms with Gasteiger partial charge in [-0.25, -0.2) is 0 Å². The fraction of sp³-hybridized carbons (Fsp3) is 0. The molecule has 0 saturated carbocycles. The maximum Gasteiger partial charge on any atom is 0.195 e. The highest BCUT2D eigenvalue weighted by molar-refractivity contribution is 9.28. The lowest BCUT2D eigenvalue weighted by Crippen LogP contribution is -2.11. The summed E-state index contributed by atoms with van der Waals surface area (Å²) in [5.74, 6) is 0.0491. The molecule has 2 aromatic rings. The van der Waals surface area contributed by atoms with E-state index in [4.69, 9.17) is 0 Å². The number of rotatable bonds is 0. The zero-order valence-corrected chi connectivity index (χ0v) is 12.5. The molecule has 0 saturated heterocycles. The topological polar surface area (TPSA) is 17.1 Å². The van der Waals surface area contributed by atoms with E-state index in [2.05, 4.69) is 31.9 Å². The van der Waals surface area contributed by atoms with Crippen molar-refractivity contribution in [3.8, 4) is 11.1 Å². The van der Waals surface area contributed by atoms with Crippen molar-refractivity contribution >= 4 is 43.2 Å². The SMILES string of the molecule is O=C1C(=C(Br)Br)c2ccccc2-c2ccccc21. The van der Waals surface area contributed by atoms with E-state index in [1.165, 1.54) is 0 Å². The van der Waals surface area contributed by atoms with Crippen LogP contribution in [0.4, 0.5) is 0 Å². The lowest BCUT2D eigenvalue weighted by Gasteiger charge is -2.21. The smallest absolute Gasteiger partial charge is 0.195 e. The normalized spacial score (nSPS) is 13.0. The Morgan fingerprint density at radius 2 is 1.17 bits per heavy atom. The number of halogens is 2. The van der Waals surface area contributed by atoms with Gasteiger partial charge in [0.15, 0.2) is 5.78 Å². The lowest BCUT2D eigenvalue weighted by molar-refractivity contribution is 0.105. The van der Waals surface area contributed by atoms with Gasteiger partial charge in [0.1, 0.15) is 0 Å². The first kappa shape index (κ1) is 11.9. The van der Waals surface area contributed by atoms with E-state index in [1.54, 1.807) is 0 Å². The first-order valence-electron chi connectivity index (χ1n) is 5.49. The van der Waals surface area contributed by atoms with E-state index in [-0.39, 0.29) is 5.78 Å². The molecule has 0 atom stereocenters. The van der Waals surface area contributed by atoms with Gasteiger partial charge in [-0.1, -0.05) is 48.5 Å². The van der Waals surface area contributed by atoms with Crippen LogP contribution in [0.3, 0.4) is 0 Å². The van der Waals surface area contributed by atoms with E-state index in [1.807, 2.05) is 48.5 Å². The highest BCUT2D eigenvalue weighted by atomic mass is 79.9. The van der Waals surface area contributed by atoms with Crippen LogP contribution in [0.15, 0.2) is 51.9 Å². The summed E-state index contributed by atoms with van der Waals surface area (Å²) < 4.78 is 0.696. The zero-order valence-electron chi connectivity index (χ0n) is 9.28. The van der Waals surface area contributed by atoms with Crippen molar-refractivity contribution in [3.05, 3.63) is 63.0 Å². The fourth-order valence-corrected chi connectivity index (χ4v) is 3.08. The van der Waals surface area contributed by atoms with Crippen molar-refractivity contribution in [1.29, 1.82) is 0 Å². The molecule has 18 heavy (non-hydrogen) atoms. The third-order valence-corrected chi connectivity index (χ3v) is 3.87. The average molecular weight is 364 g/mol. The van der Waals surface area contributed by atoms with Gasteiger partial charge in [-0.2, -0.15) is 0 Å². The molecular weight excluding hydrogens is 356 g/mol. The van der Waals surface area contributed by atoms with Crippen LogP contribution in [0.5, 0.6) is 0 Å². The van der Waals surface area contributed by atoms with Crippen LogP contribution >= 0.6 is 31.9 Å². The average Bonchev–Trinajstić information content (AvgIpc) is 2.39. The molecule has 0 aliphatic heterocycles. The number of Topliss-reactive ketones (excluding diaryl/α,β-unsaturated/α-hetero) is 1. The number of fused-ring (bicyclic) bond motifs is 3. The summed E-state index contributed by atoms with van der Waals surface area (Å²) in [5, 5.41) is 0. The lowest BCUT2D eigenvalue weighted by atomic mass is 9.82. The number of benzene rings is 2. The number of ketones is 1. The molecule has 2 aromatic carbocycles. The summed E-state index contributed by atoms with van der Waals surface area (Å²) in [6, 6.07) is 15.7. The van der Waals surface area contributed by atoms with Crippen LogP contribution in [0, 0.1) is 0 Å². The minimum Gasteiger partial charge on any atom is -0.289 e. The second-order valence-electron chi connectivity index (χ2n) is 4.06. The summed E-state index contributed by atoms with van der Waals surface area (Å²) in [5.41, 5.74) is 4.50. The van der Waals surface area contributed by atoms with Gasteiger partial charge >= 0.3 is 0 Å². The molecule has 0 radical (unpaired) electrons. The molecule has 0 N–H and O–H groups in total. The molecule has 0 aromatic heterocycles. The van der Waals surface area contributed by atoms with Crippen LogP contribution in [-0.4, -0.2) is 5.78 Å². The van der Waals surface area contributed by atoms with Gasteiger partial charge in [0.05, 0.1) is 8.96 Å². The predicted octanol–water partition coefficient (Wildman–Crippen LogP) is 5.01. The summed E-state index contributed by atoms with van der Waals surface area (Å²) in [6.07, 6.45) is 0.